The second-order valence-corrected chi connectivity index (χ2v) is 4.97. The molecule has 0 aromatic carbocycles. The second kappa shape index (κ2) is 3.98. The zero-order valence-corrected chi connectivity index (χ0v) is 9.40. The minimum Gasteiger partial charge on any atom is -0.301 e. The fraction of sp³-hybridized carbons (Fsp3) is 0.556. The van der Waals surface area contributed by atoms with Gasteiger partial charge < -0.3 is 4.98 Å². The van der Waals surface area contributed by atoms with Gasteiger partial charge in [-0.2, -0.15) is 12.6 Å². The molecule has 1 aliphatic rings. The summed E-state index contributed by atoms with van der Waals surface area (Å²) in [6.07, 6.45) is 4.04. The van der Waals surface area contributed by atoms with E-state index in [1.807, 2.05) is 0 Å². The molecule has 14 heavy (non-hydrogen) atoms. The molecule has 0 spiro atoms. The molecule has 1 aromatic heterocycles. The Kier molecular flexibility index (Phi) is 2.88. The van der Waals surface area contributed by atoms with Crippen molar-refractivity contribution in [3.63, 3.8) is 0 Å². The van der Waals surface area contributed by atoms with Gasteiger partial charge in [0, 0.05) is 18.0 Å². The van der Waals surface area contributed by atoms with Gasteiger partial charge in [0.15, 0.2) is 5.16 Å². The third-order valence-corrected chi connectivity index (χ3v) is 4.36. The van der Waals surface area contributed by atoms with Crippen LogP contribution in [0.25, 0.3) is 0 Å². The number of rotatable bonds is 4. The number of aromatic amines is 1. The van der Waals surface area contributed by atoms with Crippen LogP contribution < -0.4 is 5.56 Å². The highest BCUT2D eigenvalue weighted by Gasteiger charge is 2.41. The normalized spacial score (nSPS) is 18.1. The topological polar surface area (TPSA) is 45.8 Å². The zero-order valence-electron chi connectivity index (χ0n) is 7.69. The maximum Gasteiger partial charge on any atom is 0.251 e. The SMILES string of the molecule is O=c1ccnc(SCC2(CS)CC2)[nH]1. The Hall–Kier alpha value is -0.420. The molecule has 0 unspecified atom stereocenters. The van der Waals surface area contributed by atoms with E-state index in [9.17, 15) is 4.79 Å². The van der Waals surface area contributed by atoms with Crippen molar-refractivity contribution in [1.82, 2.24) is 9.97 Å². The first kappa shape index (κ1) is 10.1. The minimum absolute atomic E-state index is 0.0850. The summed E-state index contributed by atoms with van der Waals surface area (Å²) in [5.74, 6) is 1.93. The van der Waals surface area contributed by atoms with E-state index in [0.29, 0.717) is 10.6 Å². The van der Waals surface area contributed by atoms with Gasteiger partial charge >= 0.3 is 0 Å². The average Bonchev–Trinajstić information content (AvgIpc) is 2.96. The van der Waals surface area contributed by atoms with Crippen LogP contribution in [-0.2, 0) is 0 Å². The predicted octanol–water partition coefficient (Wildman–Crippen LogP) is 1.57. The van der Waals surface area contributed by atoms with Crippen LogP contribution in [0.4, 0.5) is 0 Å². The van der Waals surface area contributed by atoms with Gasteiger partial charge in [-0.05, 0) is 24.0 Å². The van der Waals surface area contributed by atoms with Crippen molar-refractivity contribution >= 4 is 24.4 Å². The molecule has 1 aliphatic carbocycles. The molecule has 76 valence electrons. The lowest BCUT2D eigenvalue weighted by atomic mass is 10.2. The Morgan fingerprint density at radius 1 is 1.64 bits per heavy atom. The molecule has 1 N–H and O–H groups in total. The van der Waals surface area contributed by atoms with Crippen LogP contribution in [0.1, 0.15) is 12.8 Å². The summed E-state index contributed by atoms with van der Waals surface area (Å²) >= 11 is 5.94. The van der Waals surface area contributed by atoms with Crippen molar-refractivity contribution in [2.24, 2.45) is 5.41 Å². The first-order valence-electron chi connectivity index (χ1n) is 4.53. The van der Waals surface area contributed by atoms with E-state index < -0.39 is 0 Å². The Morgan fingerprint density at radius 2 is 2.43 bits per heavy atom. The van der Waals surface area contributed by atoms with Crippen molar-refractivity contribution < 1.29 is 0 Å². The van der Waals surface area contributed by atoms with Crippen LogP contribution in [0.3, 0.4) is 0 Å². The number of H-pyrrole nitrogens is 1. The number of hydrogen-bond donors (Lipinski definition) is 2. The molecule has 2 rings (SSSR count). The number of aromatic nitrogens is 2. The third-order valence-electron chi connectivity index (χ3n) is 2.46. The fourth-order valence-corrected chi connectivity index (χ4v) is 2.89. The molecule has 1 heterocycles. The molecule has 0 bridgehead atoms. The Labute approximate surface area is 92.1 Å². The van der Waals surface area contributed by atoms with Crippen LogP contribution in [-0.4, -0.2) is 21.5 Å². The van der Waals surface area contributed by atoms with Gasteiger partial charge in [0.25, 0.3) is 5.56 Å². The summed E-state index contributed by atoms with van der Waals surface area (Å²) in [6.45, 7) is 0. The largest absolute Gasteiger partial charge is 0.301 e. The number of nitrogens with zero attached hydrogens (tertiary/aromatic N) is 1. The molecule has 0 amide bonds. The fourth-order valence-electron chi connectivity index (χ4n) is 1.17. The van der Waals surface area contributed by atoms with Gasteiger partial charge in [0.05, 0.1) is 0 Å². The molecule has 5 heteroatoms. The van der Waals surface area contributed by atoms with Crippen molar-refractivity contribution in [1.29, 1.82) is 0 Å². The summed E-state index contributed by atoms with van der Waals surface area (Å²) in [5.41, 5.74) is 0.320. The first-order valence-corrected chi connectivity index (χ1v) is 6.15. The minimum atomic E-state index is -0.0850. The molecule has 0 aliphatic heterocycles. The molecular formula is C9H12N2OS2. The van der Waals surface area contributed by atoms with Gasteiger partial charge in [0.1, 0.15) is 0 Å². The van der Waals surface area contributed by atoms with Gasteiger partial charge in [-0.1, -0.05) is 11.8 Å². The average molecular weight is 228 g/mol. The summed E-state index contributed by atoms with van der Waals surface area (Å²) < 4.78 is 0. The highest BCUT2D eigenvalue weighted by atomic mass is 32.2. The van der Waals surface area contributed by atoms with Crippen molar-refractivity contribution in [2.75, 3.05) is 11.5 Å². The van der Waals surface area contributed by atoms with E-state index in [2.05, 4.69) is 22.6 Å². The van der Waals surface area contributed by atoms with Gasteiger partial charge in [-0.3, -0.25) is 4.79 Å². The lowest BCUT2D eigenvalue weighted by molar-refractivity contribution is 0.681. The van der Waals surface area contributed by atoms with Gasteiger partial charge in [-0.15, -0.1) is 0 Å². The molecular weight excluding hydrogens is 216 g/mol. The highest BCUT2D eigenvalue weighted by molar-refractivity contribution is 7.99. The van der Waals surface area contributed by atoms with E-state index in [-0.39, 0.29) is 5.56 Å². The number of thiol groups is 1. The van der Waals surface area contributed by atoms with Gasteiger partial charge in [-0.25, -0.2) is 4.98 Å². The van der Waals surface area contributed by atoms with E-state index in [4.69, 9.17) is 0 Å². The molecule has 0 saturated heterocycles. The van der Waals surface area contributed by atoms with Crippen LogP contribution in [0.2, 0.25) is 0 Å². The third kappa shape index (κ3) is 2.33. The highest BCUT2D eigenvalue weighted by Crippen LogP contribution is 2.49. The standard InChI is InChI=1S/C9H12N2OS2/c12-7-1-4-10-8(11-7)14-6-9(5-13)2-3-9/h1,4,13H,2-3,5-6H2,(H,10,11,12). The summed E-state index contributed by atoms with van der Waals surface area (Å²) in [4.78, 5) is 17.8. The lowest BCUT2D eigenvalue weighted by Crippen LogP contribution is -2.09. The second-order valence-electron chi connectivity index (χ2n) is 3.69. The summed E-state index contributed by atoms with van der Waals surface area (Å²) in [5, 5.41) is 0.713. The number of nitrogens with one attached hydrogen (secondary N) is 1. The Morgan fingerprint density at radius 3 is 3.00 bits per heavy atom. The Balaban J connectivity index is 1.95. The van der Waals surface area contributed by atoms with E-state index in [1.54, 1.807) is 18.0 Å². The van der Waals surface area contributed by atoms with Crippen molar-refractivity contribution in [3.8, 4) is 0 Å². The molecule has 1 aromatic rings. The van der Waals surface area contributed by atoms with Crippen LogP contribution >= 0.6 is 24.4 Å². The summed E-state index contributed by atoms with van der Waals surface area (Å²) in [7, 11) is 0. The quantitative estimate of drug-likeness (QED) is 0.467. The van der Waals surface area contributed by atoms with Crippen molar-refractivity contribution in [3.05, 3.63) is 22.6 Å². The Bertz CT molecular complexity index is 373. The molecule has 1 fully saturated rings. The van der Waals surface area contributed by atoms with E-state index >= 15 is 0 Å². The summed E-state index contributed by atoms with van der Waals surface area (Å²) in [6, 6.07) is 1.43. The first-order chi connectivity index (χ1) is 6.74. The maximum atomic E-state index is 11.0. The van der Waals surface area contributed by atoms with E-state index in [0.717, 1.165) is 11.5 Å². The molecule has 3 nitrogen and oxygen atoms in total. The maximum absolute atomic E-state index is 11.0. The van der Waals surface area contributed by atoms with Crippen molar-refractivity contribution in [2.45, 2.75) is 18.0 Å². The number of hydrogen-bond acceptors (Lipinski definition) is 4. The van der Waals surface area contributed by atoms with Crippen LogP contribution in [0.5, 0.6) is 0 Å². The zero-order chi connectivity index (χ0) is 10.0. The lowest BCUT2D eigenvalue weighted by Gasteiger charge is -2.09. The smallest absolute Gasteiger partial charge is 0.251 e. The molecule has 0 atom stereocenters. The van der Waals surface area contributed by atoms with Crippen LogP contribution in [0.15, 0.2) is 22.2 Å². The van der Waals surface area contributed by atoms with Gasteiger partial charge in [0.2, 0.25) is 0 Å². The van der Waals surface area contributed by atoms with Crippen LogP contribution in [0, 0.1) is 5.41 Å². The molecule has 0 radical (unpaired) electrons. The number of thioether (sulfide) groups is 1. The van der Waals surface area contributed by atoms with E-state index in [1.165, 1.54) is 18.9 Å². The molecule has 1 saturated carbocycles. The monoisotopic (exact) mass is 228 g/mol. The predicted molar refractivity (Wildman–Crippen MR) is 61.1 cm³/mol.